The van der Waals surface area contributed by atoms with E-state index in [4.69, 9.17) is 0 Å². The van der Waals surface area contributed by atoms with E-state index in [1.165, 1.54) is 4.90 Å². The number of nitrogens with zero attached hydrogens (tertiary/aromatic N) is 1. The van der Waals surface area contributed by atoms with Gasteiger partial charge in [0, 0.05) is 24.4 Å². The van der Waals surface area contributed by atoms with Gasteiger partial charge in [-0.15, -0.1) is 0 Å². The Morgan fingerprint density at radius 2 is 1.22 bits per heavy atom. The Morgan fingerprint density at radius 1 is 0.833 bits per heavy atom. The zero-order valence-electron chi connectivity index (χ0n) is 9.19. The van der Waals surface area contributed by atoms with Gasteiger partial charge < -0.3 is 0 Å². The van der Waals surface area contributed by atoms with Crippen LogP contribution in [0.1, 0.15) is 34.1 Å². The number of hydrogen-bond acceptors (Lipinski definition) is 2. The second-order valence-electron chi connectivity index (χ2n) is 3.77. The molecular formula is C11H7Br4NO2. The first-order valence-electron chi connectivity index (χ1n) is 5.13. The van der Waals surface area contributed by atoms with Crippen molar-refractivity contribution in [2.24, 2.45) is 0 Å². The Balaban J connectivity index is 2.72. The quantitative estimate of drug-likeness (QED) is 0.331. The van der Waals surface area contributed by atoms with E-state index in [0.717, 1.165) is 6.42 Å². The molecule has 0 saturated carbocycles. The van der Waals surface area contributed by atoms with Crippen molar-refractivity contribution >= 4 is 75.5 Å². The minimum atomic E-state index is -0.252. The number of rotatable bonds is 2. The molecule has 1 aliphatic rings. The average molecular weight is 505 g/mol. The van der Waals surface area contributed by atoms with Crippen molar-refractivity contribution in [3.05, 3.63) is 29.0 Å². The summed E-state index contributed by atoms with van der Waals surface area (Å²) in [4.78, 5) is 25.8. The van der Waals surface area contributed by atoms with Crippen LogP contribution in [0.4, 0.5) is 0 Å². The van der Waals surface area contributed by atoms with Gasteiger partial charge in [-0.05, 0) is 70.1 Å². The van der Waals surface area contributed by atoms with Crippen molar-refractivity contribution in [3.63, 3.8) is 0 Å². The van der Waals surface area contributed by atoms with Gasteiger partial charge >= 0.3 is 0 Å². The lowest BCUT2D eigenvalue weighted by Crippen LogP contribution is -2.30. The van der Waals surface area contributed by atoms with Crippen LogP contribution < -0.4 is 0 Å². The number of amides is 2. The molecule has 0 aliphatic carbocycles. The van der Waals surface area contributed by atoms with Crippen LogP contribution in [0.25, 0.3) is 0 Å². The third-order valence-electron chi connectivity index (χ3n) is 2.63. The predicted octanol–water partition coefficient (Wildman–Crippen LogP) is 4.74. The van der Waals surface area contributed by atoms with E-state index >= 15 is 0 Å². The van der Waals surface area contributed by atoms with Gasteiger partial charge in [0.1, 0.15) is 0 Å². The summed E-state index contributed by atoms with van der Waals surface area (Å²) in [7, 11) is 0. The minimum Gasteiger partial charge on any atom is -0.274 e. The highest BCUT2D eigenvalue weighted by Gasteiger charge is 2.40. The zero-order chi connectivity index (χ0) is 13.6. The van der Waals surface area contributed by atoms with E-state index in [1.54, 1.807) is 0 Å². The van der Waals surface area contributed by atoms with Crippen LogP contribution in [0.15, 0.2) is 17.9 Å². The summed E-state index contributed by atoms with van der Waals surface area (Å²) >= 11 is 13.5. The Bertz CT molecular complexity index is 524. The van der Waals surface area contributed by atoms with E-state index in [9.17, 15) is 9.59 Å². The first-order valence-corrected chi connectivity index (χ1v) is 8.31. The van der Waals surface area contributed by atoms with Gasteiger partial charge in [-0.25, -0.2) is 0 Å². The molecule has 3 nitrogen and oxygen atoms in total. The Labute approximate surface area is 138 Å². The molecule has 0 saturated heterocycles. The molecular weight excluding hydrogens is 498 g/mol. The van der Waals surface area contributed by atoms with Crippen LogP contribution in [-0.4, -0.2) is 23.3 Å². The van der Waals surface area contributed by atoms with Crippen LogP contribution >= 0.6 is 63.7 Å². The third kappa shape index (κ3) is 2.03. The van der Waals surface area contributed by atoms with Gasteiger partial charge in [0.15, 0.2) is 0 Å². The highest BCUT2D eigenvalue weighted by atomic mass is 79.9. The molecule has 0 unspecified atom stereocenters. The fraction of sp³-hybridized carbons (Fsp3) is 0.273. The van der Waals surface area contributed by atoms with Crippen LogP contribution in [0.5, 0.6) is 0 Å². The molecule has 96 valence electrons. The molecule has 2 amide bonds. The molecule has 18 heavy (non-hydrogen) atoms. The molecule has 0 fully saturated rings. The second kappa shape index (κ2) is 5.34. The number of hydrogen-bond donors (Lipinski definition) is 0. The monoisotopic (exact) mass is 501 g/mol. The molecule has 1 aliphatic heterocycles. The van der Waals surface area contributed by atoms with Gasteiger partial charge in [-0.2, -0.15) is 0 Å². The lowest BCUT2D eigenvalue weighted by molar-refractivity contribution is 0.0654. The fourth-order valence-electron chi connectivity index (χ4n) is 1.82. The highest BCUT2D eigenvalue weighted by molar-refractivity contribution is 9.15. The van der Waals surface area contributed by atoms with Crippen molar-refractivity contribution in [1.29, 1.82) is 0 Å². The molecule has 0 N–H and O–H groups in total. The van der Waals surface area contributed by atoms with Crippen molar-refractivity contribution in [2.75, 3.05) is 6.54 Å². The number of benzene rings is 1. The van der Waals surface area contributed by atoms with Crippen molar-refractivity contribution in [2.45, 2.75) is 13.3 Å². The maximum atomic E-state index is 12.3. The number of fused-ring (bicyclic) bond motifs is 1. The first-order chi connectivity index (χ1) is 8.41. The Morgan fingerprint density at radius 3 is 1.56 bits per heavy atom. The molecule has 0 bridgehead atoms. The van der Waals surface area contributed by atoms with Crippen molar-refractivity contribution in [1.82, 2.24) is 4.90 Å². The SMILES string of the molecule is CCCN1C(=O)c2c(Br)c(Br)c(Br)c(Br)c2C1=O. The summed E-state index contributed by atoms with van der Waals surface area (Å²) in [5, 5.41) is 0. The van der Waals surface area contributed by atoms with Crippen LogP contribution in [0, 0.1) is 0 Å². The third-order valence-corrected chi connectivity index (χ3v) is 7.40. The highest BCUT2D eigenvalue weighted by Crippen LogP contribution is 2.45. The molecule has 0 spiro atoms. The molecule has 2 rings (SSSR count). The lowest BCUT2D eigenvalue weighted by atomic mass is 10.1. The zero-order valence-corrected chi connectivity index (χ0v) is 15.5. The molecule has 1 aromatic carbocycles. The molecule has 0 radical (unpaired) electrons. The van der Waals surface area contributed by atoms with Crippen molar-refractivity contribution in [3.8, 4) is 0 Å². The van der Waals surface area contributed by atoms with E-state index in [0.29, 0.717) is 35.6 Å². The van der Waals surface area contributed by atoms with Crippen molar-refractivity contribution < 1.29 is 9.59 Å². The normalized spacial score (nSPS) is 14.4. The number of carbonyl (C=O) groups is 2. The van der Waals surface area contributed by atoms with Crippen LogP contribution in [-0.2, 0) is 0 Å². The summed E-state index contributed by atoms with van der Waals surface area (Å²) in [6, 6.07) is 0. The Kier molecular flexibility index (Phi) is 4.36. The summed E-state index contributed by atoms with van der Waals surface area (Å²) in [6.07, 6.45) is 0.739. The lowest BCUT2D eigenvalue weighted by Gasteiger charge is -2.11. The number of carbonyl (C=O) groups excluding carboxylic acids is 2. The van der Waals surface area contributed by atoms with E-state index < -0.39 is 0 Å². The van der Waals surface area contributed by atoms with E-state index in [-0.39, 0.29) is 11.8 Å². The van der Waals surface area contributed by atoms with Crippen LogP contribution in [0.2, 0.25) is 0 Å². The number of halogens is 4. The minimum absolute atomic E-state index is 0.252. The fourth-order valence-corrected chi connectivity index (χ4v) is 4.28. The standard InChI is InChI=1S/C11H7Br4NO2/c1-2-3-16-10(17)4-5(11(16)18)7(13)9(15)8(14)6(4)12/h2-3H2,1H3. The van der Waals surface area contributed by atoms with E-state index in [2.05, 4.69) is 63.7 Å². The second-order valence-corrected chi connectivity index (χ2v) is 6.94. The van der Waals surface area contributed by atoms with Crippen LogP contribution in [0.3, 0.4) is 0 Å². The van der Waals surface area contributed by atoms with Gasteiger partial charge in [0.25, 0.3) is 11.8 Å². The topological polar surface area (TPSA) is 37.4 Å². The number of imide groups is 1. The summed E-state index contributed by atoms with van der Waals surface area (Å²) in [5.41, 5.74) is 0.825. The first kappa shape index (κ1) is 14.7. The summed E-state index contributed by atoms with van der Waals surface area (Å²) in [6.45, 7) is 2.36. The predicted molar refractivity (Wildman–Crippen MR) is 82.9 cm³/mol. The molecule has 1 aromatic rings. The Hall–Kier alpha value is 0.280. The maximum absolute atomic E-state index is 12.3. The molecule has 1 heterocycles. The molecule has 7 heteroatoms. The summed E-state index contributed by atoms with van der Waals surface area (Å²) in [5.74, 6) is -0.504. The molecule has 0 atom stereocenters. The van der Waals surface area contributed by atoms with Gasteiger partial charge in [-0.1, -0.05) is 6.92 Å². The van der Waals surface area contributed by atoms with Gasteiger partial charge in [0.2, 0.25) is 0 Å². The maximum Gasteiger partial charge on any atom is 0.262 e. The summed E-state index contributed by atoms with van der Waals surface area (Å²) < 4.78 is 2.63. The molecule has 0 aromatic heterocycles. The smallest absolute Gasteiger partial charge is 0.262 e. The average Bonchev–Trinajstić information content (AvgIpc) is 2.59. The van der Waals surface area contributed by atoms with Gasteiger partial charge in [-0.3, -0.25) is 14.5 Å². The van der Waals surface area contributed by atoms with Gasteiger partial charge in [0.05, 0.1) is 11.1 Å². The van der Waals surface area contributed by atoms with E-state index in [1.807, 2.05) is 6.92 Å². The largest absolute Gasteiger partial charge is 0.274 e.